The Bertz CT molecular complexity index is 635. The number of hydrogen-bond acceptors (Lipinski definition) is 6. The topological polar surface area (TPSA) is 90.1 Å². The van der Waals surface area contributed by atoms with Crippen LogP contribution in [0.5, 0.6) is 0 Å². The minimum Gasteiger partial charge on any atom is -0.476 e. The quantitative estimate of drug-likeness (QED) is 0.788. The van der Waals surface area contributed by atoms with E-state index in [9.17, 15) is 9.90 Å². The monoisotopic (exact) mass is 310 g/mol. The Morgan fingerprint density at radius 3 is 2.71 bits per heavy atom. The van der Waals surface area contributed by atoms with Crippen LogP contribution in [0.4, 0.5) is 0 Å². The second-order valence-corrected chi connectivity index (χ2v) is 5.87. The molecular weight excluding hydrogens is 292 g/mol. The van der Waals surface area contributed by atoms with E-state index < -0.39 is 5.97 Å². The van der Waals surface area contributed by atoms with Crippen LogP contribution < -0.4 is 0 Å². The standard InChI is InChI=1S/C13H18N4O3S/c1-8-12(21-9(2)14-8)11-10(13(18)19)15-16-17(11)6-4-5-7-20-3/h4-7H2,1-3H3,(H,18,19). The van der Waals surface area contributed by atoms with Gasteiger partial charge in [-0.3, -0.25) is 0 Å². The van der Waals surface area contributed by atoms with Gasteiger partial charge in [-0.05, 0) is 26.7 Å². The predicted octanol–water partition coefficient (Wildman–Crippen LogP) is 2.14. The number of unbranched alkanes of at least 4 members (excludes halogenated alkanes) is 1. The van der Waals surface area contributed by atoms with Gasteiger partial charge in [0.05, 0.1) is 15.6 Å². The van der Waals surface area contributed by atoms with E-state index in [1.165, 1.54) is 11.3 Å². The zero-order valence-electron chi connectivity index (χ0n) is 12.3. The normalized spacial score (nSPS) is 11.0. The van der Waals surface area contributed by atoms with Crippen LogP contribution in [-0.4, -0.2) is 44.8 Å². The first-order chi connectivity index (χ1) is 10.0. The number of carboxylic acids is 1. The van der Waals surface area contributed by atoms with E-state index in [0.717, 1.165) is 28.4 Å². The van der Waals surface area contributed by atoms with Crippen LogP contribution in [-0.2, 0) is 11.3 Å². The molecule has 0 saturated heterocycles. The smallest absolute Gasteiger partial charge is 0.358 e. The molecule has 0 unspecified atom stereocenters. The maximum absolute atomic E-state index is 11.4. The summed E-state index contributed by atoms with van der Waals surface area (Å²) < 4.78 is 6.67. The highest BCUT2D eigenvalue weighted by Crippen LogP contribution is 2.31. The molecule has 2 heterocycles. The molecule has 2 aromatic heterocycles. The molecule has 0 bridgehead atoms. The molecule has 0 spiro atoms. The summed E-state index contributed by atoms with van der Waals surface area (Å²) in [5, 5.41) is 18.0. The van der Waals surface area contributed by atoms with Gasteiger partial charge in [-0.1, -0.05) is 5.21 Å². The summed E-state index contributed by atoms with van der Waals surface area (Å²) in [6.07, 6.45) is 1.74. The molecule has 2 aromatic rings. The molecule has 0 atom stereocenters. The Labute approximate surface area is 126 Å². The number of aryl methyl sites for hydroxylation is 3. The Balaban J connectivity index is 2.34. The number of hydrogen-bond donors (Lipinski definition) is 1. The van der Waals surface area contributed by atoms with Crippen LogP contribution in [0.2, 0.25) is 0 Å². The van der Waals surface area contributed by atoms with E-state index in [4.69, 9.17) is 4.74 Å². The SMILES string of the molecule is COCCCCn1nnc(C(=O)O)c1-c1sc(C)nc1C. The Morgan fingerprint density at radius 1 is 1.38 bits per heavy atom. The molecule has 0 aliphatic carbocycles. The zero-order chi connectivity index (χ0) is 15.4. The second kappa shape index (κ2) is 6.77. The van der Waals surface area contributed by atoms with E-state index >= 15 is 0 Å². The lowest BCUT2D eigenvalue weighted by atomic mass is 10.2. The first-order valence-electron chi connectivity index (χ1n) is 6.64. The molecule has 0 aliphatic heterocycles. The average Bonchev–Trinajstić information content (AvgIpc) is 2.97. The third kappa shape index (κ3) is 3.45. The van der Waals surface area contributed by atoms with Crippen molar-refractivity contribution in [3.05, 3.63) is 16.4 Å². The predicted molar refractivity (Wildman–Crippen MR) is 78.7 cm³/mol. The maximum Gasteiger partial charge on any atom is 0.358 e. The number of aromatic carboxylic acids is 1. The molecule has 114 valence electrons. The summed E-state index contributed by atoms with van der Waals surface area (Å²) in [4.78, 5) is 16.5. The van der Waals surface area contributed by atoms with Crippen molar-refractivity contribution in [3.8, 4) is 10.6 Å². The summed E-state index contributed by atoms with van der Waals surface area (Å²) >= 11 is 1.46. The van der Waals surface area contributed by atoms with Gasteiger partial charge in [0.1, 0.15) is 5.69 Å². The lowest BCUT2D eigenvalue weighted by Crippen LogP contribution is -2.06. The fourth-order valence-electron chi connectivity index (χ4n) is 2.10. The minimum atomic E-state index is -1.07. The fourth-order valence-corrected chi connectivity index (χ4v) is 3.07. The Hall–Kier alpha value is -1.80. The van der Waals surface area contributed by atoms with Crippen molar-refractivity contribution in [1.29, 1.82) is 0 Å². The molecule has 21 heavy (non-hydrogen) atoms. The molecule has 0 saturated carbocycles. The number of nitrogens with zero attached hydrogens (tertiary/aromatic N) is 4. The molecule has 0 aromatic carbocycles. The van der Waals surface area contributed by atoms with Crippen molar-refractivity contribution in [1.82, 2.24) is 20.0 Å². The van der Waals surface area contributed by atoms with Crippen LogP contribution >= 0.6 is 11.3 Å². The lowest BCUT2D eigenvalue weighted by Gasteiger charge is -2.06. The summed E-state index contributed by atoms with van der Waals surface area (Å²) in [5.41, 5.74) is 1.33. The molecule has 0 fully saturated rings. The van der Waals surface area contributed by atoms with Crippen LogP contribution in [0.1, 0.15) is 34.0 Å². The first kappa shape index (κ1) is 15.6. The number of carbonyl (C=O) groups is 1. The van der Waals surface area contributed by atoms with Gasteiger partial charge in [0, 0.05) is 20.3 Å². The molecule has 8 heteroatoms. The van der Waals surface area contributed by atoms with Crippen molar-refractivity contribution in [2.75, 3.05) is 13.7 Å². The first-order valence-corrected chi connectivity index (χ1v) is 7.46. The molecule has 7 nitrogen and oxygen atoms in total. The fraction of sp³-hybridized carbons (Fsp3) is 0.538. The van der Waals surface area contributed by atoms with Gasteiger partial charge in [-0.25, -0.2) is 14.5 Å². The van der Waals surface area contributed by atoms with Crippen LogP contribution in [0.25, 0.3) is 10.6 Å². The lowest BCUT2D eigenvalue weighted by molar-refractivity contribution is 0.0691. The minimum absolute atomic E-state index is 0.0199. The largest absolute Gasteiger partial charge is 0.476 e. The number of thiazole rings is 1. The van der Waals surface area contributed by atoms with E-state index in [1.807, 2.05) is 13.8 Å². The van der Waals surface area contributed by atoms with Gasteiger partial charge in [0.15, 0.2) is 5.69 Å². The highest BCUT2D eigenvalue weighted by atomic mass is 32.1. The van der Waals surface area contributed by atoms with Gasteiger partial charge in [0.25, 0.3) is 0 Å². The number of carboxylic acid groups (broad SMARTS) is 1. The number of rotatable bonds is 7. The number of ether oxygens (including phenoxy) is 1. The molecule has 0 radical (unpaired) electrons. The number of aromatic nitrogens is 4. The van der Waals surface area contributed by atoms with E-state index in [-0.39, 0.29) is 5.69 Å². The number of methoxy groups -OCH3 is 1. The van der Waals surface area contributed by atoms with Gasteiger partial charge in [-0.2, -0.15) is 0 Å². The summed E-state index contributed by atoms with van der Waals surface area (Å²) in [7, 11) is 1.66. The maximum atomic E-state index is 11.4. The van der Waals surface area contributed by atoms with Gasteiger partial charge in [0.2, 0.25) is 0 Å². The highest BCUT2D eigenvalue weighted by molar-refractivity contribution is 7.15. The van der Waals surface area contributed by atoms with Crippen molar-refractivity contribution in [3.63, 3.8) is 0 Å². The van der Waals surface area contributed by atoms with Crippen molar-refractivity contribution >= 4 is 17.3 Å². The average molecular weight is 310 g/mol. The van der Waals surface area contributed by atoms with Crippen LogP contribution in [0.3, 0.4) is 0 Å². The Kier molecular flexibility index (Phi) is 5.03. The van der Waals surface area contributed by atoms with Crippen LogP contribution in [0, 0.1) is 13.8 Å². The summed E-state index contributed by atoms with van der Waals surface area (Å²) in [6.45, 7) is 5.05. The van der Waals surface area contributed by atoms with Crippen molar-refractivity contribution < 1.29 is 14.6 Å². The summed E-state index contributed by atoms with van der Waals surface area (Å²) in [5.74, 6) is -1.07. The molecular formula is C13H18N4O3S. The third-order valence-corrected chi connectivity index (χ3v) is 4.10. The molecule has 0 aliphatic rings. The van der Waals surface area contributed by atoms with E-state index in [0.29, 0.717) is 18.8 Å². The van der Waals surface area contributed by atoms with E-state index in [2.05, 4.69) is 15.3 Å². The van der Waals surface area contributed by atoms with Gasteiger partial charge >= 0.3 is 5.97 Å². The van der Waals surface area contributed by atoms with Crippen molar-refractivity contribution in [2.45, 2.75) is 33.2 Å². The molecule has 2 rings (SSSR count). The second-order valence-electron chi connectivity index (χ2n) is 4.66. The van der Waals surface area contributed by atoms with Gasteiger partial charge in [-0.15, -0.1) is 16.4 Å². The molecule has 1 N–H and O–H groups in total. The van der Waals surface area contributed by atoms with Gasteiger partial charge < -0.3 is 9.84 Å². The van der Waals surface area contributed by atoms with Crippen molar-refractivity contribution in [2.24, 2.45) is 0 Å². The molecule has 0 amide bonds. The highest BCUT2D eigenvalue weighted by Gasteiger charge is 2.23. The Morgan fingerprint density at radius 2 is 2.14 bits per heavy atom. The van der Waals surface area contributed by atoms with Crippen LogP contribution in [0.15, 0.2) is 0 Å². The summed E-state index contributed by atoms with van der Waals surface area (Å²) in [6, 6.07) is 0. The third-order valence-electron chi connectivity index (χ3n) is 3.02. The van der Waals surface area contributed by atoms with E-state index in [1.54, 1.807) is 11.8 Å². The zero-order valence-corrected chi connectivity index (χ0v) is 13.1.